The molecule has 0 spiro atoms. The Morgan fingerprint density at radius 2 is 1.93 bits per heavy atom. The fourth-order valence-electron chi connectivity index (χ4n) is 1.44. The van der Waals surface area contributed by atoms with Gasteiger partial charge in [0.25, 0.3) is 0 Å². The number of benzene rings is 1. The monoisotopic (exact) mass is 222 g/mol. The zero-order valence-corrected chi connectivity index (χ0v) is 10.2. The quantitative estimate of drug-likeness (QED) is 0.743. The maximum atomic E-state index is 12.0. The van der Waals surface area contributed by atoms with Gasteiger partial charge >= 0.3 is 0 Å². The van der Waals surface area contributed by atoms with Gasteiger partial charge in [-0.1, -0.05) is 50.3 Å². The van der Waals surface area contributed by atoms with Crippen LogP contribution in [0.4, 0.5) is 0 Å². The first-order chi connectivity index (χ1) is 7.27. The van der Waals surface area contributed by atoms with Crippen LogP contribution in [0.1, 0.15) is 32.3 Å². The van der Waals surface area contributed by atoms with Crippen LogP contribution in [-0.2, 0) is 16.6 Å². The molecule has 1 aromatic rings. The summed E-state index contributed by atoms with van der Waals surface area (Å²) < 4.78 is 12.0. The summed E-state index contributed by atoms with van der Waals surface area (Å²) in [5.41, 5.74) is 1.14. The van der Waals surface area contributed by atoms with Crippen molar-refractivity contribution in [2.75, 3.05) is 0 Å². The molecule has 0 aliphatic heterocycles. The van der Waals surface area contributed by atoms with Crippen LogP contribution in [0.3, 0.4) is 0 Å². The molecule has 0 saturated heterocycles. The number of hydrogen-bond acceptors (Lipinski definition) is 1. The van der Waals surface area contributed by atoms with Gasteiger partial charge in [-0.3, -0.25) is 4.21 Å². The van der Waals surface area contributed by atoms with Gasteiger partial charge in [-0.05, 0) is 18.4 Å². The van der Waals surface area contributed by atoms with Crippen LogP contribution in [0.25, 0.3) is 0 Å². The molecule has 0 aromatic heterocycles. The highest BCUT2D eigenvalue weighted by molar-refractivity contribution is 7.88. The molecule has 2 heteroatoms. The molecule has 0 fully saturated rings. The maximum Gasteiger partial charge on any atom is 0.0529 e. The standard InChI is InChI=1S/C13H18OS/c1-3-8-13(4-2)15(14)11-12-9-6-5-7-10-12/h5-10H,3-4,11H2,1-2H3/b13-8+. The molecule has 1 rings (SSSR count). The molecule has 1 aromatic carbocycles. The SMILES string of the molecule is CC/C=C(\CC)S(=O)Cc1ccccc1. The first-order valence-corrected chi connectivity index (χ1v) is 6.71. The van der Waals surface area contributed by atoms with E-state index in [9.17, 15) is 4.21 Å². The first kappa shape index (κ1) is 12.2. The van der Waals surface area contributed by atoms with Gasteiger partial charge in [0.1, 0.15) is 0 Å². The van der Waals surface area contributed by atoms with Crippen molar-refractivity contribution < 1.29 is 4.21 Å². The summed E-state index contributed by atoms with van der Waals surface area (Å²) in [4.78, 5) is 1.07. The fraction of sp³-hybridized carbons (Fsp3) is 0.385. The minimum Gasteiger partial charge on any atom is -0.254 e. The summed E-state index contributed by atoms with van der Waals surface area (Å²) in [6.07, 6.45) is 3.93. The second-order valence-electron chi connectivity index (χ2n) is 3.41. The normalized spacial score (nSPS) is 13.9. The van der Waals surface area contributed by atoms with Crippen LogP contribution < -0.4 is 0 Å². The molecule has 1 unspecified atom stereocenters. The topological polar surface area (TPSA) is 17.1 Å². The number of rotatable bonds is 5. The van der Waals surface area contributed by atoms with E-state index >= 15 is 0 Å². The van der Waals surface area contributed by atoms with Crippen LogP contribution in [0.2, 0.25) is 0 Å². The molecule has 1 nitrogen and oxygen atoms in total. The van der Waals surface area contributed by atoms with E-state index in [-0.39, 0.29) is 0 Å². The number of hydrogen-bond donors (Lipinski definition) is 0. The van der Waals surface area contributed by atoms with Gasteiger partial charge in [0.05, 0.1) is 16.6 Å². The van der Waals surface area contributed by atoms with Crippen molar-refractivity contribution in [3.05, 3.63) is 46.9 Å². The molecule has 82 valence electrons. The van der Waals surface area contributed by atoms with Crippen molar-refractivity contribution in [3.8, 4) is 0 Å². The van der Waals surface area contributed by atoms with Gasteiger partial charge in [0, 0.05) is 4.91 Å². The van der Waals surface area contributed by atoms with E-state index < -0.39 is 10.8 Å². The van der Waals surface area contributed by atoms with E-state index in [0.717, 1.165) is 23.3 Å². The van der Waals surface area contributed by atoms with Gasteiger partial charge in [0.2, 0.25) is 0 Å². The van der Waals surface area contributed by atoms with Crippen LogP contribution in [0.15, 0.2) is 41.3 Å². The Balaban J connectivity index is 2.67. The fourth-order valence-corrected chi connectivity index (χ4v) is 2.80. The van der Waals surface area contributed by atoms with Gasteiger partial charge in [-0.2, -0.15) is 0 Å². The predicted octanol–water partition coefficient (Wildman–Crippen LogP) is 3.64. The van der Waals surface area contributed by atoms with E-state index in [1.807, 2.05) is 30.3 Å². The van der Waals surface area contributed by atoms with Crippen molar-refractivity contribution in [3.63, 3.8) is 0 Å². The summed E-state index contributed by atoms with van der Waals surface area (Å²) in [5, 5.41) is 0. The average Bonchev–Trinajstić information content (AvgIpc) is 2.27. The second kappa shape index (κ2) is 6.57. The third-order valence-corrected chi connectivity index (χ3v) is 3.85. The first-order valence-electron chi connectivity index (χ1n) is 5.39. The lowest BCUT2D eigenvalue weighted by Gasteiger charge is -2.04. The van der Waals surface area contributed by atoms with E-state index in [1.165, 1.54) is 0 Å². The Labute approximate surface area is 94.7 Å². The summed E-state index contributed by atoms with van der Waals surface area (Å²) in [7, 11) is -0.848. The largest absolute Gasteiger partial charge is 0.254 e. The van der Waals surface area contributed by atoms with Gasteiger partial charge in [0.15, 0.2) is 0 Å². The Kier molecular flexibility index (Phi) is 5.33. The van der Waals surface area contributed by atoms with E-state index in [1.54, 1.807) is 0 Å². The third kappa shape index (κ3) is 4.00. The van der Waals surface area contributed by atoms with E-state index in [4.69, 9.17) is 0 Å². The molecule has 0 aliphatic carbocycles. The number of allylic oxidation sites excluding steroid dienone is 2. The summed E-state index contributed by atoms with van der Waals surface area (Å²) >= 11 is 0. The molecule has 0 saturated carbocycles. The molecular formula is C13H18OS. The van der Waals surface area contributed by atoms with Crippen molar-refractivity contribution >= 4 is 10.8 Å². The highest BCUT2D eigenvalue weighted by Gasteiger charge is 2.05. The Morgan fingerprint density at radius 1 is 1.27 bits per heavy atom. The Hall–Kier alpha value is -0.890. The van der Waals surface area contributed by atoms with Crippen molar-refractivity contribution in [1.82, 2.24) is 0 Å². The van der Waals surface area contributed by atoms with E-state index in [2.05, 4.69) is 19.9 Å². The molecule has 0 heterocycles. The maximum absolute atomic E-state index is 12.0. The Bertz CT molecular complexity index is 341. The summed E-state index contributed by atoms with van der Waals surface area (Å²) in [6.45, 7) is 4.14. The van der Waals surface area contributed by atoms with Gasteiger partial charge in [-0.25, -0.2) is 0 Å². The van der Waals surface area contributed by atoms with Crippen molar-refractivity contribution in [2.24, 2.45) is 0 Å². The van der Waals surface area contributed by atoms with Crippen LogP contribution >= 0.6 is 0 Å². The zero-order valence-electron chi connectivity index (χ0n) is 9.40. The lowest BCUT2D eigenvalue weighted by atomic mass is 10.2. The highest BCUT2D eigenvalue weighted by atomic mass is 32.2. The Morgan fingerprint density at radius 3 is 2.47 bits per heavy atom. The molecule has 0 bridgehead atoms. The lowest BCUT2D eigenvalue weighted by Crippen LogP contribution is -1.98. The van der Waals surface area contributed by atoms with Crippen molar-refractivity contribution in [1.29, 1.82) is 0 Å². The van der Waals surface area contributed by atoms with Crippen LogP contribution in [-0.4, -0.2) is 4.21 Å². The van der Waals surface area contributed by atoms with Crippen LogP contribution in [0, 0.1) is 0 Å². The van der Waals surface area contributed by atoms with Crippen LogP contribution in [0.5, 0.6) is 0 Å². The summed E-state index contributed by atoms with van der Waals surface area (Å²) in [5.74, 6) is 0.639. The lowest BCUT2D eigenvalue weighted by molar-refractivity contribution is 0.685. The molecule has 0 N–H and O–H groups in total. The second-order valence-corrected chi connectivity index (χ2v) is 4.91. The minimum atomic E-state index is -0.848. The molecule has 0 aliphatic rings. The molecule has 0 amide bonds. The van der Waals surface area contributed by atoms with Gasteiger partial charge in [-0.15, -0.1) is 0 Å². The molecule has 0 radical (unpaired) electrons. The molecule has 15 heavy (non-hydrogen) atoms. The van der Waals surface area contributed by atoms with Gasteiger partial charge < -0.3 is 0 Å². The predicted molar refractivity (Wildman–Crippen MR) is 67.0 cm³/mol. The highest BCUT2D eigenvalue weighted by Crippen LogP contribution is 2.13. The minimum absolute atomic E-state index is 0.639. The third-order valence-electron chi connectivity index (χ3n) is 2.21. The molecular weight excluding hydrogens is 204 g/mol. The zero-order chi connectivity index (χ0) is 11.1. The van der Waals surface area contributed by atoms with E-state index in [0.29, 0.717) is 5.75 Å². The smallest absolute Gasteiger partial charge is 0.0529 e. The van der Waals surface area contributed by atoms with Crippen molar-refractivity contribution in [2.45, 2.75) is 32.4 Å². The molecule has 1 atom stereocenters. The summed E-state index contributed by atoms with van der Waals surface area (Å²) in [6, 6.07) is 10.0. The average molecular weight is 222 g/mol.